The molecule has 0 radical (unpaired) electrons. The number of carbonyl (C=O) groups is 1. The van der Waals surface area contributed by atoms with Gasteiger partial charge in [-0.25, -0.2) is 0 Å². The minimum absolute atomic E-state index is 0.146. The number of para-hydroxylation sites is 1. The lowest BCUT2D eigenvalue weighted by Crippen LogP contribution is -2.22. The first-order chi connectivity index (χ1) is 10.5. The molecule has 116 valence electrons. The van der Waals surface area contributed by atoms with Gasteiger partial charge in [0.15, 0.2) is 0 Å². The van der Waals surface area contributed by atoms with Crippen molar-refractivity contribution in [2.45, 2.75) is 6.92 Å². The highest BCUT2D eigenvalue weighted by Crippen LogP contribution is 2.30. The Balaban J connectivity index is 2.03. The number of halogens is 2. The molecule has 1 amide bonds. The summed E-state index contributed by atoms with van der Waals surface area (Å²) in [6.07, 6.45) is 0. The van der Waals surface area contributed by atoms with Crippen molar-refractivity contribution in [3.63, 3.8) is 0 Å². The van der Waals surface area contributed by atoms with Crippen molar-refractivity contribution in [1.82, 2.24) is 0 Å². The van der Waals surface area contributed by atoms with E-state index in [9.17, 15) is 4.79 Å². The Bertz CT molecular complexity index is 692. The maximum Gasteiger partial charge on any atom is 0.243 e. The highest BCUT2D eigenvalue weighted by atomic mass is 79.9. The first kappa shape index (κ1) is 16.6. The maximum absolute atomic E-state index is 12.1. The van der Waals surface area contributed by atoms with E-state index in [0.29, 0.717) is 16.5 Å². The minimum Gasteiger partial charge on any atom is -0.495 e. The van der Waals surface area contributed by atoms with E-state index in [0.717, 1.165) is 15.7 Å². The highest BCUT2D eigenvalue weighted by Gasteiger charge is 2.10. The molecule has 0 unspecified atom stereocenters. The molecule has 0 bridgehead atoms. The van der Waals surface area contributed by atoms with Gasteiger partial charge in [-0.15, -0.1) is 0 Å². The molecule has 4 nitrogen and oxygen atoms in total. The van der Waals surface area contributed by atoms with Crippen LogP contribution in [0.5, 0.6) is 5.75 Å². The molecule has 0 aliphatic rings. The van der Waals surface area contributed by atoms with Gasteiger partial charge >= 0.3 is 0 Å². The Kier molecular flexibility index (Phi) is 5.69. The van der Waals surface area contributed by atoms with Crippen LogP contribution in [0, 0.1) is 6.92 Å². The van der Waals surface area contributed by atoms with Crippen LogP contribution in [0.15, 0.2) is 40.9 Å². The zero-order valence-corrected chi connectivity index (χ0v) is 14.6. The van der Waals surface area contributed by atoms with E-state index in [2.05, 4.69) is 26.6 Å². The topological polar surface area (TPSA) is 50.4 Å². The number of carbonyl (C=O) groups excluding carboxylic acids is 1. The molecular formula is C16H16BrClN2O2. The lowest BCUT2D eigenvalue weighted by Gasteiger charge is -2.13. The second kappa shape index (κ2) is 7.51. The molecule has 0 saturated carbocycles. The van der Waals surface area contributed by atoms with Gasteiger partial charge in [0, 0.05) is 21.2 Å². The van der Waals surface area contributed by atoms with Gasteiger partial charge in [0.05, 0.1) is 19.3 Å². The molecule has 2 aromatic rings. The predicted octanol–water partition coefficient (Wildman–Crippen LogP) is 4.47. The van der Waals surface area contributed by atoms with Crippen LogP contribution in [0.1, 0.15) is 5.56 Å². The van der Waals surface area contributed by atoms with Gasteiger partial charge in [-0.1, -0.05) is 23.7 Å². The van der Waals surface area contributed by atoms with Gasteiger partial charge in [-0.05, 0) is 46.6 Å². The summed E-state index contributed by atoms with van der Waals surface area (Å²) in [5.41, 5.74) is 2.33. The van der Waals surface area contributed by atoms with E-state index in [1.54, 1.807) is 12.1 Å². The van der Waals surface area contributed by atoms with Crippen molar-refractivity contribution in [1.29, 1.82) is 0 Å². The molecule has 2 N–H and O–H groups in total. The molecule has 0 aliphatic carbocycles. The summed E-state index contributed by atoms with van der Waals surface area (Å²) in [6, 6.07) is 11.1. The lowest BCUT2D eigenvalue weighted by atomic mass is 10.2. The first-order valence-electron chi connectivity index (χ1n) is 6.63. The van der Waals surface area contributed by atoms with E-state index in [1.807, 2.05) is 31.2 Å². The smallest absolute Gasteiger partial charge is 0.243 e. The number of hydrogen-bond acceptors (Lipinski definition) is 3. The molecule has 0 saturated heterocycles. The van der Waals surface area contributed by atoms with Crippen molar-refractivity contribution in [2.24, 2.45) is 0 Å². The van der Waals surface area contributed by atoms with Crippen LogP contribution in [0.25, 0.3) is 0 Å². The second-order valence-corrected chi connectivity index (χ2v) is 5.94. The van der Waals surface area contributed by atoms with Crippen LogP contribution < -0.4 is 15.4 Å². The fourth-order valence-electron chi connectivity index (χ4n) is 1.90. The molecule has 0 spiro atoms. The quantitative estimate of drug-likeness (QED) is 0.801. The fourth-order valence-corrected chi connectivity index (χ4v) is 2.48. The number of anilines is 2. The number of rotatable bonds is 5. The Hall–Kier alpha value is -1.72. The average Bonchev–Trinajstić information content (AvgIpc) is 2.50. The van der Waals surface area contributed by atoms with E-state index >= 15 is 0 Å². The lowest BCUT2D eigenvalue weighted by molar-refractivity contribution is -0.114. The van der Waals surface area contributed by atoms with Crippen molar-refractivity contribution >= 4 is 44.8 Å². The number of benzene rings is 2. The van der Waals surface area contributed by atoms with Crippen LogP contribution >= 0.6 is 27.5 Å². The molecule has 0 atom stereocenters. The largest absolute Gasteiger partial charge is 0.495 e. The third-order valence-electron chi connectivity index (χ3n) is 3.07. The maximum atomic E-state index is 12.1. The second-order valence-electron chi connectivity index (χ2n) is 4.68. The molecule has 2 rings (SSSR count). The number of amides is 1. The minimum atomic E-state index is -0.171. The molecule has 0 aliphatic heterocycles. The summed E-state index contributed by atoms with van der Waals surface area (Å²) in [4.78, 5) is 12.1. The Labute approximate surface area is 142 Å². The van der Waals surface area contributed by atoms with Gasteiger partial charge in [0.1, 0.15) is 5.75 Å². The van der Waals surface area contributed by atoms with Crippen LogP contribution in [-0.2, 0) is 4.79 Å². The van der Waals surface area contributed by atoms with Gasteiger partial charge in [0.25, 0.3) is 0 Å². The monoisotopic (exact) mass is 382 g/mol. The standard InChI is InChI=1S/C16H16BrClN2O2/c1-10-7-14(15(22-2)8-12(10)18)20-16(21)9-19-13-6-4-3-5-11(13)17/h3-8,19H,9H2,1-2H3,(H,20,21). The van der Waals surface area contributed by atoms with Crippen molar-refractivity contribution < 1.29 is 9.53 Å². The Morgan fingerprint density at radius 1 is 1.27 bits per heavy atom. The summed E-state index contributed by atoms with van der Waals surface area (Å²) < 4.78 is 6.14. The zero-order valence-electron chi connectivity index (χ0n) is 12.2. The SMILES string of the molecule is COc1cc(Cl)c(C)cc1NC(=O)CNc1ccccc1Br. The zero-order chi connectivity index (χ0) is 16.1. The molecule has 0 fully saturated rings. The molecule has 6 heteroatoms. The fraction of sp³-hybridized carbons (Fsp3) is 0.188. The normalized spacial score (nSPS) is 10.2. The number of ether oxygens (including phenoxy) is 1. The molecule has 0 heterocycles. The van der Waals surface area contributed by atoms with Crippen molar-refractivity contribution in [3.05, 3.63) is 51.5 Å². The van der Waals surface area contributed by atoms with Crippen molar-refractivity contribution in [2.75, 3.05) is 24.3 Å². The molecular weight excluding hydrogens is 368 g/mol. The van der Waals surface area contributed by atoms with Gasteiger partial charge in [-0.2, -0.15) is 0 Å². The highest BCUT2D eigenvalue weighted by molar-refractivity contribution is 9.10. The Morgan fingerprint density at radius 2 is 2.00 bits per heavy atom. The summed E-state index contributed by atoms with van der Waals surface area (Å²) >= 11 is 9.47. The number of methoxy groups -OCH3 is 1. The van der Waals surface area contributed by atoms with E-state index in [1.165, 1.54) is 7.11 Å². The van der Waals surface area contributed by atoms with Crippen LogP contribution in [0.4, 0.5) is 11.4 Å². The van der Waals surface area contributed by atoms with Crippen LogP contribution in [0.2, 0.25) is 5.02 Å². The Morgan fingerprint density at radius 3 is 2.68 bits per heavy atom. The first-order valence-corrected chi connectivity index (χ1v) is 7.80. The van der Waals surface area contributed by atoms with E-state index in [4.69, 9.17) is 16.3 Å². The average molecular weight is 384 g/mol. The third-order valence-corrected chi connectivity index (χ3v) is 4.17. The molecule has 2 aromatic carbocycles. The van der Waals surface area contributed by atoms with Gasteiger partial charge in [-0.3, -0.25) is 4.79 Å². The summed E-state index contributed by atoms with van der Waals surface area (Å²) in [5.74, 6) is 0.362. The van der Waals surface area contributed by atoms with Crippen LogP contribution in [-0.4, -0.2) is 19.6 Å². The number of aryl methyl sites for hydroxylation is 1. The van der Waals surface area contributed by atoms with E-state index in [-0.39, 0.29) is 12.5 Å². The summed E-state index contributed by atoms with van der Waals surface area (Å²) in [6.45, 7) is 2.02. The summed E-state index contributed by atoms with van der Waals surface area (Å²) in [7, 11) is 1.54. The predicted molar refractivity (Wildman–Crippen MR) is 94.0 cm³/mol. The number of nitrogens with one attached hydrogen (secondary N) is 2. The third kappa shape index (κ3) is 4.15. The van der Waals surface area contributed by atoms with E-state index < -0.39 is 0 Å². The summed E-state index contributed by atoms with van der Waals surface area (Å²) in [5, 5.41) is 6.49. The number of hydrogen-bond donors (Lipinski definition) is 2. The van der Waals surface area contributed by atoms with Crippen molar-refractivity contribution in [3.8, 4) is 5.75 Å². The molecule has 22 heavy (non-hydrogen) atoms. The molecule has 0 aromatic heterocycles. The van der Waals surface area contributed by atoms with Gasteiger partial charge < -0.3 is 15.4 Å². The van der Waals surface area contributed by atoms with Gasteiger partial charge in [0.2, 0.25) is 5.91 Å². The van der Waals surface area contributed by atoms with Crippen LogP contribution in [0.3, 0.4) is 0 Å².